The first-order valence-electron chi connectivity index (χ1n) is 11.5. The molecule has 0 heterocycles. The Labute approximate surface area is 214 Å². The first kappa shape index (κ1) is 25.0. The summed E-state index contributed by atoms with van der Waals surface area (Å²) in [5, 5.41) is 7.47. The number of esters is 1. The molecule has 0 aromatic heterocycles. The summed E-state index contributed by atoms with van der Waals surface area (Å²) in [6, 6.07) is 27.6. The molecule has 2 amide bonds. The molecule has 4 rings (SSSR count). The smallest absolute Gasteiger partial charge is 0.339 e. The van der Waals surface area contributed by atoms with Gasteiger partial charge in [0.05, 0.1) is 23.6 Å². The molecular weight excluding hydrogens is 472 g/mol. The molecule has 0 saturated heterocycles. The zero-order chi connectivity index (χ0) is 25.5. The van der Waals surface area contributed by atoms with Gasteiger partial charge in [-0.25, -0.2) is 4.79 Å². The number of amides is 2. The molecule has 36 heavy (non-hydrogen) atoms. The minimum Gasteiger partial charge on any atom is -0.465 e. The highest BCUT2D eigenvalue weighted by atomic mass is 32.2. The van der Waals surface area contributed by atoms with Gasteiger partial charge in [0, 0.05) is 16.1 Å². The van der Waals surface area contributed by atoms with Crippen molar-refractivity contribution >= 4 is 51.7 Å². The number of nitrogens with one attached hydrogen (secondary N) is 2. The van der Waals surface area contributed by atoms with E-state index in [1.54, 1.807) is 30.3 Å². The first-order chi connectivity index (χ1) is 17.5. The molecule has 0 spiro atoms. The van der Waals surface area contributed by atoms with Crippen molar-refractivity contribution in [2.45, 2.75) is 23.5 Å². The summed E-state index contributed by atoms with van der Waals surface area (Å²) >= 11 is 1.40. The van der Waals surface area contributed by atoms with Crippen LogP contribution in [0.25, 0.3) is 10.8 Å². The number of fused-ring (bicyclic) bond motifs is 1. The lowest BCUT2D eigenvalue weighted by Crippen LogP contribution is -2.25. The van der Waals surface area contributed by atoms with Crippen LogP contribution in [0.15, 0.2) is 95.9 Å². The largest absolute Gasteiger partial charge is 0.465 e. The average Bonchev–Trinajstić information content (AvgIpc) is 2.91. The van der Waals surface area contributed by atoms with Crippen LogP contribution in [0.3, 0.4) is 0 Å². The predicted molar refractivity (Wildman–Crippen MR) is 145 cm³/mol. The van der Waals surface area contributed by atoms with Crippen LogP contribution < -0.4 is 10.6 Å². The van der Waals surface area contributed by atoms with Crippen LogP contribution in [0.1, 0.15) is 34.1 Å². The Kier molecular flexibility index (Phi) is 8.02. The number of hydrogen-bond acceptors (Lipinski definition) is 5. The molecule has 2 N–H and O–H groups in total. The number of carbonyl (C=O) groups excluding carboxylic acids is 3. The molecule has 0 aliphatic carbocycles. The van der Waals surface area contributed by atoms with E-state index < -0.39 is 11.2 Å². The van der Waals surface area contributed by atoms with Crippen molar-refractivity contribution in [3.63, 3.8) is 0 Å². The van der Waals surface area contributed by atoms with E-state index in [9.17, 15) is 14.4 Å². The summed E-state index contributed by atoms with van der Waals surface area (Å²) in [4.78, 5) is 38.7. The molecule has 0 aliphatic rings. The zero-order valence-corrected chi connectivity index (χ0v) is 20.8. The van der Waals surface area contributed by atoms with Crippen molar-refractivity contribution in [2.24, 2.45) is 0 Å². The molecular formula is C29H26N2O4S. The normalized spacial score (nSPS) is 11.5. The van der Waals surface area contributed by atoms with Gasteiger partial charge in [-0.15, -0.1) is 11.8 Å². The monoisotopic (exact) mass is 498 g/mol. The summed E-state index contributed by atoms with van der Waals surface area (Å²) < 4.78 is 4.81. The van der Waals surface area contributed by atoms with Gasteiger partial charge in [-0.2, -0.15) is 0 Å². The molecule has 6 nitrogen and oxygen atoms in total. The maximum absolute atomic E-state index is 13.0. The average molecular weight is 499 g/mol. The fraction of sp³-hybridized carbons (Fsp3) is 0.138. The van der Waals surface area contributed by atoms with E-state index in [0.717, 1.165) is 15.7 Å². The molecule has 0 radical (unpaired) electrons. The molecule has 182 valence electrons. The first-order valence-corrected chi connectivity index (χ1v) is 12.4. The van der Waals surface area contributed by atoms with Gasteiger partial charge in [-0.05, 0) is 59.7 Å². The third kappa shape index (κ3) is 5.93. The highest BCUT2D eigenvalue weighted by Crippen LogP contribution is 2.29. The van der Waals surface area contributed by atoms with E-state index in [0.29, 0.717) is 28.9 Å². The van der Waals surface area contributed by atoms with Crippen LogP contribution in [0.2, 0.25) is 0 Å². The highest BCUT2D eigenvalue weighted by molar-refractivity contribution is 8.00. The molecule has 1 unspecified atom stereocenters. The van der Waals surface area contributed by atoms with E-state index in [-0.39, 0.29) is 11.8 Å². The number of ether oxygens (including phenoxy) is 1. The van der Waals surface area contributed by atoms with Gasteiger partial charge in [0.1, 0.15) is 0 Å². The van der Waals surface area contributed by atoms with Crippen molar-refractivity contribution < 1.29 is 19.1 Å². The molecule has 4 aromatic carbocycles. The summed E-state index contributed by atoms with van der Waals surface area (Å²) in [6.45, 7) is 1.93. The molecule has 0 saturated carbocycles. The lowest BCUT2D eigenvalue weighted by Gasteiger charge is -2.17. The van der Waals surface area contributed by atoms with Crippen LogP contribution in [-0.4, -0.2) is 30.1 Å². The second-order valence-electron chi connectivity index (χ2n) is 8.09. The van der Waals surface area contributed by atoms with Crippen LogP contribution in [0.4, 0.5) is 11.4 Å². The number of anilines is 2. The van der Waals surface area contributed by atoms with Crippen LogP contribution >= 0.6 is 11.8 Å². The quantitative estimate of drug-likeness (QED) is 0.217. The molecule has 0 fully saturated rings. The number of carbonyl (C=O) groups is 3. The highest BCUT2D eigenvalue weighted by Gasteiger charge is 2.21. The Morgan fingerprint density at radius 1 is 0.833 bits per heavy atom. The number of methoxy groups -OCH3 is 1. The third-order valence-corrected chi connectivity index (χ3v) is 6.99. The zero-order valence-electron chi connectivity index (χ0n) is 20.0. The summed E-state index contributed by atoms with van der Waals surface area (Å²) in [5.41, 5.74) is 1.92. The van der Waals surface area contributed by atoms with Gasteiger partial charge in [0.25, 0.3) is 5.91 Å². The van der Waals surface area contributed by atoms with Crippen molar-refractivity contribution in [1.82, 2.24) is 0 Å². The summed E-state index contributed by atoms with van der Waals surface area (Å²) in [5.74, 6) is -0.932. The van der Waals surface area contributed by atoms with E-state index in [1.807, 2.05) is 67.6 Å². The Morgan fingerprint density at radius 3 is 2.36 bits per heavy atom. The van der Waals surface area contributed by atoms with E-state index in [1.165, 1.54) is 18.9 Å². The number of thioether (sulfide) groups is 1. The van der Waals surface area contributed by atoms with Gasteiger partial charge >= 0.3 is 5.97 Å². The fourth-order valence-electron chi connectivity index (χ4n) is 3.76. The molecule has 7 heteroatoms. The van der Waals surface area contributed by atoms with Gasteiger partial charge in [-0.1, -0.05) is 55.5 Å². The SMILES string of the molecule is CCC(Sc1cccc(NC(=O)c2ccc3ccccc3c2)c1)C(=O)Nc1ccccc1C(=O)OC. The van der Waals surface area contributed by atoms with Crippen molar-refractivity contribution in [2.75, 3.05) is 17.7 Å². The third-order valence-electron chi connectivity index (χ3n) is 5.64. The summed E-state index contributed by atoms with van der Waals surface area (Å²) in [7, 11) is 1.30. The number of benzene rings is 4. The van der Waals surface area contributed by atoms with Gasteiger partial charge in [0.15, 0.2) is 0 Å². The Morgan fingerprint density at radius 2 is 1.58 bits per heavy atom. The van der Waals surface area contributed by atoms with E-state index >= 15 is 0 Å². The van der Waals surface area contributed by atoms with Crippen LogP contribution in [-0.2, 0) is 9.53 Å². The minimum absolute atomic E-state index is 0.202. The predicted octanol–water partition coefficient (Wildman–Crippen LogP) is 6.39. The maximum atomic E-state index is 13.0. The van der Waals surface area contributed by atoms with Crippen molar-refractivity contribution in [3.8, 4) is 0 Å². The number of hydrogen-bond donors (Lipinski definition) is 2. The maximum Gasteiger partial charge on any atom is 0.339 e. The minimum atomic E-state index is -0.513. The Bertz CT molecular complexity index is 1420. The lowest BCUT2D eigenvalue weighted by molar-refractivity contribution is -0.115. The second-order valence-corrected chi connectivity index (χ2v) is 9.36. The van der Waals surface area contributed by atoms with Crippen LogP contribution in [0.5, 0.6) is 0 Å². The Balaban J connectivity index is 1.45. The Hall–Kier alpha value is -4.10. The fourth-order valence-corrected chi connectivity index (χ4v) is 4.77. The van der Waals surface area contributed by atoms with E-state index in [2.05, 4.69) is 10.6 Å². The van der Waals surface area contributed by atoms with Gasteiger partial charge < -0.3 is 15.4 Å². The second kappa shape index (κ2) is 11.6. The topological polar surface area (TPSA) is 84.5 Å². The molecule has 4 aromatic rings. The van der Waals surface area contributed by atoms with Gasteiger partial charge in [-0.3, -0.25) is 9.59 Å². The molecule has 0 bridgehead atoms. The van der Waals surface area contributed by atoms with E-state index in [4.69, 9.17) is 4.74 Å². The molecule has 1 atom stereocenters. The number of rotatable bonds is 8. The van der Waals surface area contributed by atoms with Crippen molar-refractivity contribution in [3.05, 3.63) is 102 Å². The number of para-hydroxylation sites is 1. The van der Waals surface area contributed by atoms with Crippen molar-refractivity contribution in [1.29, 1.82) is 0 Å². The lowest BCUT2D eigenvalue weighted by atomic mass is 10.1. The van der Waals surface area contributed by atoms with Gasteiger partial charge in [0.2, 0.25) is 5.91 Å². The molecule has 0 aliphatic heterocycles. The standard InChI is InChI=1S/C29H26N2O4S/c1-3-26(28(33)31-25-14-7-6-13-24(25)29(34)35-2)36-23-12-8-11-22(18-23)30-27(32)21-16-15-19-9-4-5-10-20(19)17-21/h4-18,26H,3H2,1-2H3,(H,30,32)(H,31,33). The van der Waals surface area contributed by atoms with Crippen LogP contribution in [0, 0.1) is 0 Å². The summed E-state index contributed by atoms with van der Waals surface area (Å²) in [6.07, 6.45) is 0.574.